The number of hydrogen-bond donors (Lipinski definition) is 4. The number of nitrogens with zero attached hydrogens (tertiary/aromatic N) is 6. The number of imidazole rings is 2. The van der Waals surface area contributed by atoms with Crippen LogP contribution in [0.4, 0.5) is 0 Å². The van der Waals surface area contributed by atoms with Gasteiger partial charge in [0.15, 0.2) is 0 Å². The number of piperidine rings is 2. The lowest BCUT2D eigenvalue weighted by Crippen LogP contribution is -2.60. The Labute approximate surface area is 303 Å². The summed E-state index contributed by atoms with van der Waals surface area (Å²) >= 11 is 0. The van der Waals surface area contributed by atoms with Crippen LogP contribution in [0.25, 0.3) is 22.5 Å². The van der Waals surface area contributed by atoms with E-state index in [9.17, 15) is 27.0 Å². The minimum atomic E-state index is -3.64. The monoisotopic (exact) mass is 748 g/mol. The van der Waals surface area contributed by atoms with Crippen molar-refractivity contribution in [2.75, 3.05) is 26.2 Å². The molecule has 52 heavy (non-hydrogen) atoms. The number of aromatic nitrogens is 4. The first kappa shape index (κ1) is 34.3. The second-order valence-corrected chi connectivity index (χ2v) is 18.8. The van der Waals surface area contributed by atoms with Gasteiger partial charge in [-0.15, -0.1) is 0 Å². The van der Waals surface area contributed by atoms with Crippen LogP contribution < -0.4 is 10.3 Å². The third-order valence-corrected chi connectivity index (χ3v) is 15.5. The molecule has 6 heterocycles. The molecule has 0 radical (unpaired) electrons. The molecule has 10 rings (SSSR count). The largest absolute Gasteiger partial charge is 0.392 e. The normalized spacial score (nSPS) is 30.0. The second kappa shape index (κ2) is 12.0. The topological polar surface area (TPSA) is 203 Å². The second-order valence-electron chi connectivity index (χ2n) is 15.7. The maximum Gasteiger partial charge on any atom is 0.276 e. The van der Waals surface area contributed by atoms with Gasteiger partial charge in [-0.2, -0.15) is 25.4 Å². The highest BCUT2D eigenvalue weighted by molar-refractivity contribution is 7.87. The van der Waals surface area contributed by atoms with Crippen LogP contribution in [0.5, 0.6) is 0 Å². The first-order valence-electron chi connectivity index (χ1n) is 18.0. The molecule has 2 spiro atoms. The average molecular weight is 749 g/mol. The number of aliphatic hydroxyl groups excluding tert-OH is 2. The maximum atomic E-state index is 11.5. The lowest BCUT2D eigenvalue weighted by Gasteiger charge is -2.57. The van der Waals surface area contributed by atoms with Gasteiger partial charge in [0.25, 0.3) is 20.4 Å². The molecule has 4 aromatic rings. The summed E-state index contributed by atoms with van der Waals surface area (Å²) in [6.07, 6.45) is 11.0. The fourth-order valence-electron chi connectivity index (χ4n) is 10.6. The Hall–Kier alpha value is -3.48. The van der Waals surface area contributed by atoms with Crippen molar-refractivity contribution >= 4 is 20.4 Å². The van der Waals surface area contributed by atoms with Gasteiger partial charge in [-0.3, -0.25) is 0 Å². The Morgan fingerprint density at radius 3 is 1.33 bits per heavy atom. The lowest BCUT2D eigenvalue weighted by atomic mass is 9.53. The van der Waals surface area contributed by atoms with E-state index in [1.54, 1.807) is 0 Å². The highest BCUT2D eigenvalue weighted by atomic mass is 32.2. The Morgan fingerprint density at radius 1 is 0.615 bits per heavy atom. The molecule has 0 amide bonds. The minimum Gasteiger partial charge on any atom is -0.392 e. The predicted molar refractivity (Wildman–Crippen MR) is 193 cm³/mol. The molecule has 6 N–H and O–H groups in total. The summed E-state index contributed by atoms with van der Waals surface area (Å²) in [5.74, 6) is 0.236. The van der Waals surface area contributed by atoms with Crippen LogP contribution in [-0.4, -0.2) is 93.1 Å². The van der Waals surface area contributed by atoms with Crippen LogP contribution in [-0.2, 0) is 20.4 Å². The summed E-state index contributed by atoms with van der Waals surface area (Å²) in [4.78, 5) is 8.59. The molecule has 6 aliphatic rings. The Morgan fingerprint density at radius 2 is 0.981 bits per heavy atom. The van der Waals surface area contributed by atoms with Crippen molar-refractivity contribution in [2.24, 2.45) is 32.9 Å². The quantitative estimate of drug-likeness (QED) is 0.243. The lowest BCUT2D eigenvalue weighted by molar-refractivity contribution is -0.152. The maximum absolute atomic E-state index is 11.5. The van der Waals surface area contributed by atoms with Gasteiger partial charge in [0.05, 0.1) is 60.7 Å². The molecule has 2 aliphatic carbocycles. The van der Waals surface area contributed by atoms with E-state index in [-0.39, 0.29) is 34.7 Å². The predicted octanol–water partition coefficient (Wildman–Crippen LogP) is 2.24. The molecule has 276 valence electrons. The number of nitrogens with two attached hydrogens (primary N) is 2. The van der Waals surface area contributed by atoms with E-state index >= 15 is 0 Å². The van der Waals surface area contributed by atoms with E-state index in [2.05, 4.69) is 43.4 Å². The molecule has 0 bridgehead atoms. The molecule has 6 atom stereocenters. The van der Waals surface area contributed by atoms with Gasteiger partial charge >= 0.3 is 0 Å². The molecule has 14 nitrogen and oxygen atoms in total. The smallest absolute Gasteiger partial charge is 0.276 e. The summed E-state index contributed by atoms with van der Waals surface area (Å²) < 4.78 is 53.1. The van der Waals surface area contributed by atoms with Crippen LogP contribution in [0.15, 0.2) is 73.6 Å². The Balaban J connectivity index is 0.000000138. The van der Waals surface area contributed by atoms with E-state index in [1.807, 2.05) is 49.3 Å². The third kappa shape index (κ3) is 5.17. The van der Waals surface area contributed by atoms with Crippen molar-refractivity contribution in [1.82, 2.24) is 27.7 Å². The average Bonchev–Trinajstić information content (AvgIpc) is 3.92. The zero-order chi connectivity index (χ0) is 36.2. The van der Waals surface area contributed by atoms with Gasteiger partial charge in [-0.25, -0.2) is 20.2 Å². The summed E-state index contributed by atoms with van der Waals surface area (Å²) in [6.45, 7) is 1.56. The molecule has 2 saturated heterocycles. The number of fused-ring (bicyclic) bond motifs is 6. The zero-order valence-electron chi connectivity index (χ0n) is 28.6. The summed E-state index contributed by atoms with van der Waals surface area (Å²) in [5.41, 5.74) is 6.68. The highest BCUT2D eigenvalue weighted by Crippen LogP contribution is 2.61. The van der Waals surface area contributed by atoms with Crippen molar-refractivity contribution in [3.8, 4) is 22.5 Å². The van der Waals surface area contributed by atoms with Crippen molar-refractivity contribution in [1.29, 1.82) is 0 Å². The molecule has 2 aromatic heterocycles. The molecular weight excluding hydrogens is 705 g/mol. The SMILES string of the molecule is NS(=O)(=O)N1CCC2(CC1)C[C@@H]([C@@H]1c3ccccc3-c3cncn31)[C@@H]2O.NS(=O)(=O)N1CCC2(CC1)C[C@H]([C@H]1c3ccccc3-c3cncn31)[C@H]2O. The van der Waals surface area contributed by atoms with Gasteiger partial charge in [0.1, 0.15) is 0 Å². The van der Waals surface area contributed by atoms with E-state index in [0.29, 0.717) is 51.9 Å². The van der Waals surface area contributed by atoms with E-state index in [4.69, 9.17) is 10.3 Å². The van der Waals surface area contributed by atoms with Gasteiger partial charge in [0, 0.05) is 49.1 Å². The Kier molecular flexibility index (Phi) is 7.92. The summed E-state index contributed by atoms with van der Waals surface area (Å²) in [7, 11) is -7.28. The van der Waals surface area contributed by atoms with Crippen LogP contribution in [0.2, 0.25) is 0 Å². The number of aliphatic hydroxyl groups is 2. The first-order chi connectivity index (χ1) is 24.8. The molecular formula is C36H44N8O6S2. The fraction of sp³-hybridized carbons (Fsp3) is 0.500. The van der Waals surface area contributed by atoms with E-state index in [0.717, 1.165) is 24.2 Å². The van der Waals surface area contributed by atoms with E-state index in [1.165, 1.54) is 30.9 Å². The zero-order valence-corrected chi connectivity index (χ0v) is 30.3. The highest BCUT2D eigenvalue weighted by Gasteiger charge is 2.59. The molecule has 2 aromatic carbocycles. The Bertz CT molecular complexity index is 2080. The number of rotatable bonds is 4. The molecule has 4 fully saturated rings. The van der Waals surface area contributed by atoms with Crippen molar-refractivity contribution in [3.63, 3.8) is 0 Å². The molecule has 4 aliphatic heterocycles. The van der Waals surface area contributed by atoms with Crippen LogP contribution in [0.3, 0.4) is 0 Å². The van der Waals surface area contributed by atoms with Crippen LogP contribution in [0, 0.1) is 22.7 Å². The van der Waals surface area contributed by atoms with E-state index < -0.39 is 32.6 Å². The van der Waals surface area contributed by atoms with Crippen molar-refractivity contribution < 1.29 is 27.0 Å². The van der Waals surface area contributed by atoms with Crippen molar-refractivity contribution in [2.45, 2.75) is 62.8 Å². The number of benzene rings is 2. The van der Waals surface area contributed by atoms with Gasteiger partial charge in [-0.05, 0) is 60.5 Å². The van der Waals surface area contributed by atoms with Crippen molar-refractivity contribution in [3.05, 3.63) is 84.7 Å². The fourth-order valence-corrected chi connectivity index (χ4v) is 11.9. The van der Waals surface area contributed by atoms with Crippen LogP contribution >= 0.6 is 0 Å². The number of hydrogen-bond acceptors (Lipinski definition) is 8. The van der Waals surface area contributed by atoms with Crippen LogP contribution in [0.1, 0.15) is 61.7 Å². The molecule has 16 heteroatoms. The summed E-state index contributed by atoms with van der Waals surface area (Å²) in [5, 5.41) is 32.7. The first-order valence-corrected chi connectivity index (χ1v) is 21.0. The third-order valence-electron chi connectivity index (χ3n) is 13.4. The van der Waals surface area contributed by atoms with Gasteiger partial charge in [0.2, 0.25) is 0 Å². The standard InChI is InChI=1S/2C18H22N4O3S/c2*19-26(24,25)21-7-5-18(6-8-21)9-14(17(18)23)16-13-4-2-1-3-12(13)15-10-20-11-22(15)16/h2*1-4,10-11,14,16-17,23H,5-9H2,(H2,19,24,25)/t2*14-,16-,17-/m10/s1. The molecule has 2 saturated carbocycles. The summed E-state index contributed by atoms with van der Waals surface area (Å²) in [6, 6.07) is 16.8. The van der Waals surface area contributed by atoms with Gasteiger partial charge < -0.3 is 19.3 Å². The molecule has 0 unspecified atom stereocenters. The van der Waals surface area contributed by atoms with Gasteiger partial charge in [-0.1, -0.05) is 48.5 Å². The minimum absolute atomic E-state index is 0.0978.